The summed E-state index contributed by atoms with van der Waals surface area (Å²) in [6.45, 7) is 0. The number of oxime groups is 1. The minimum absolute atomic E-state index is 0.174. The molecule has 2 aromatic heterocycles. The summed E-state index contributed by atoms with van der Waals surface area (Å²) in [6.07, 6.45) is -0.378. The second-order valence-corrected chi connectivity index (χ2v) is 3.55. The molecule has 9 heteroatoms. The first-order valence-corrected chi connectivity index (χ1v) is 4.97. The highest BCUT2D eigenvalue weighted by Crippen LogP contribution is 2.29. The molecule has 0 aliphatic rings. The predicted octanol–water partition coefficient (Wildman–Crippen LogP) is 1.38. The Hall–Kier alpha value is -2.58. The molecular weight excluding hydrogens is 263 g/mol. The highest BCUT2D eigenvalue weighted by atomic mass is 19.4. The number of hydrogen-bond acceptors (Lipinski definition) is 4. The largest absolute Gasteiger partial charge is 0.419 e. The van der Waals surface area contributed by atoms with Crippen molar-refractivity contribution in [1.29, 1.82) is 0 Å². The van der Waals surface area contributed by atoms with Gasteiger partial charge in [-0.25, -0.2) is 4.68 Å². The molecule has 0 atom stereocenters. The molecule has 0 bridgehead atoms. The molecule has 0 fully saturated rings. The molecule has 0 radical (unpaired) electrons. The molecule has 0 unspecified atom stereocenters. The van der Waals surface area contributed by atoms with Gasteiger partial charge in [-0.2, -0.15) is 18.3 Å². The van der Waals surface area contributed by atoms with Gasteiger partial charge in [0.1, 0.15) is 0 Å². The van der Waals surface area contributed by atoms with E-state index >= 15 is 0 Å². The quantitative estimate of drug-likeness (QED) is 0.374. The molecule has 0 aromatic carbocycles. The summed E-state index contributed by atoms with van der Waals surface area (Å²) >= 11 is 0. The van der Waals surface area contributed by atoms with Crippen LogP contribution in [-0.2, 0) is 6.18 Å². The number of amidine groups is 1. The Balaban J connectivity index is 2.51. The minimum Gasteiger partial charge on any atom is -0.409 e. The molecule has 2 rings (SSSR count). The van der Waals surface area contributed by atoms with Crippen molar-refractivity contribution in [1.82, 2.24) is 14.8 Å². The van der Waals surface area contributed by atoms with Crippen LogP contribution in [0.1, 0.15) is 11.1 Å². The minimum atomic E-state index is -4.49. The van der Waals surface area contributed by atoms with Crippen LogP contribution in [0.15, 0.2) is 36.0 Å². The van der Waals surface area contributed by atoms with Crippen molar-refractivity contribution in [3.8, 4) is 5.69 Å². The lowest BCUT2D eigenvalue weighted by Crippen LogP contribution is -2.16. The van der Waals surface area contributed by atoms with Gasteiger partial charge >= 0.3 is 6.18 Å². The Labute approximate surface area is 105 Å². The third-order valence-corrected chi connectivity index (χ3v) is 2.34. The fourth-order valence-electron chi connectivity index (χ4n) is 1.44. The Morgan fingerprint density at radius 2 is 2.11 bits per heavy atom. The normalized spacial score (nSPS) is 12.7. The van der Waals surface area contributed by atoms with Gasteiger partial charge in [-0.15, -0.1) is 0 Å². The molecule has 100 valence electrons. The Bertz CT molecular complexity index is 620. The molecule has 3 N–H and O–H groups in total. The summed E-state index contributed by atoms with van der Waals surface area (Å²) in [6, 6.07) is 1.40. The summed E-state index contributed by atoms with van der Waals surface area (Å²) in [5.74, 6) is -0.249. The second kappa shape index (κ2) is 4.59. The fraction of sp³-hybridized carbons (Fsp3) is 0.100. The average molecular weight is 271 g/mol. The van der Waals surface area contributed by atoms with Crippen molar-refractivity contribution < 1.29 is 18.4 Å². The lowest BCUT2D eigenvalue weighted by Gasteiger charge is -2.07. The number of alkyl halides is 3. The predicted molar refractivity (Wildman–Crippen MR) is 58.9 cm³/mol. The summed E-state index contributed by atoms with van der Waals surface area (Å²) in [7, 11) is 0. The van der Waals surface area contributed by atoms with E-state index in [1.54, 1.807) is 0 Å². The highest BCUT2D eigenvalue weighted by Gasteiger charge is 2.32. The van der Waals surface area contributed by atoms with Crippen molar-refractivity contribution in [2.45, 2.75) is 6.18 Å². The average Bonchev–Trinajstić information content (AvgIpc) is 2.87. The van der Waals surface area contributed by atoms with Gasteiger partial charge in [-0.3, -0.25) is 4.98 Å². The van der Waals surface area contributed by atoms with Crippen LogP contribution in [0.5, 0.6) is 0 Å². The summed E-state index contributed by atoms with van der Waals surface area (Å²) in [5.41, 5.74) is 4.92. The van der Waals surface area contributed by atoms with Crippen molar-refractivity contribution >= 4 is 5.84 Å². The Morgan fingerprint density at radius 1 is 1.37 bits per heavy atom. The monoisotopic (exact) mass is 271 g/mol. The maximum Gasteiger partial charge on any atom is 0.419 e. The maximum atomic E-state index is 12.5. The van der Waals surface area contributed by atoms with Gasteiger partial charge in [0.15, 0.2) is 5.84 Å². The van der Waals surface area contributed by atoms with Crippen LogP contribution in [0.2, 0.25) is 0 Å². The third-order valence-electron chi connectivity index (χ3n) is 2.34. The topological polar surface area (TPSA) is 89.3 Å². The highest BCUT2D eigenvalue weighted by molar-refractivity contribution is 6.00. The van der Waals surface area contributed by atoms with E-state index in [1.165, 1.54) is 18.5 Å². The number of rotatable bonds is 2. The summed E-state index contributed by atoms with van der Waals surface area (Å²) in [5, 5.41) is 15.0. The SMILES string of the molecule is N/C(=N/O)c1ccncc1-n1cc(C(F)(F)F)cn1. The van der Waals surface area contributed by atoms with Crippen LogP contribution in [0.3, 0.4) is 0 Å². The van der Waals surface area contributed by atoms with Crippen LogP contribution in [0.4, 0.5) is 13.2 Å². The van der Waals surface area contributed by atoms with Crippen LogP contribution in [-0.4, -0.2) is 25.8 Å². The molecule has 0 aliphatic heterocycles. The summed E-state index contributed by atoms with van der Waals surface area (Å²) < 4.78 is 38.4. The molecule has 0 spiro atoms. The van der Waals surface area contributed by atoms with Crippen molar-refractivity contribution in [3.63, 3.8) is 0 Å². The zero-order valence-electron chi connectivity index (χ0n) is 9.33. The van der Waals surface area contributed by atoms with Crippen LogP contribution in [0.25, 0.3) is 5.69 Å². The molecule has 2 aromatic rings. The molecule has 19 heavy (non-hydrogen) atoms. The van der Waals surface area contributed by atoms with Gasteiger partial charge in [-0.1, -0.05) is 5.16 Å². The van der Waals surface area contributed by atoms with E-state index < -0.39 is 11.7 Å². The Kier molecular flexibility index (Phi) is 3.11. The number of halogens is 3. The number of aromatic nitrogens is 3. The molecule has 6 nitrogen and oxygen atoms in total. The van der Waals surface area contributed by atoms with Crippen LogP contribution < -0.4 is 5.73 Å². The molecular formula is C10H8F3N5O. The lowest BCUT2D eigenvalue weighted by atomic mass is 10.2. The standard InChI is InChI=1S/C10H8F3N5O/c11-10(12,13)6-3-16-18(5-6)8-4-15-2-1-7(8)9(14)17-19/h1-5,19H,(H2,14,17). The first kappa shape index (κ1) is 12.9. The van der Waals surface area contributed by atoms with E-state index in [0.29, 0.717) is 6.20 Å². The molecule has 0 saturated heterocycles. The van der Waals surface area contributed by atoms with Crippen LogP contribution in [0, 0.1) is 0 Å². The van der Waals surface area contributed by atoms with Gasteiger partial charge in [0.2, 0.25) is 0 Å². The number of nitrogens with zero attached hydrogens (tertiary/aromatic N) is 4. The molecule has 0 amide bonds. The van der Waals surface area contributed by atoms with Gasteiger partial charge in [-0.05, 0) is 6.07 Å². The zero-order valence-corrected chi connectivity index (χ0v) is 9.33. The smallest absolute Gasteiger partial charge is 0.409 e. The summed E-state index contributed by atoms with van der Waals surface area (Å²) in [4.78, 5) is 3.78. The van der Waals surface area contributed by atoms with Gasteiger partial charge < -0.3 is 10.9 Å². The van der Waals surface area contributed by atoms with E-state index in [2.05, 4.69) is 15.2 Å². The van der Waals surface area contributed by atoms with E-state index in [1.807, 2.05) is 0 Å². The maximum absolute atomic E-state index is 12.5. The third kappa shape index (κ3) is 2.49. The van der Waals surface area contributed by atoms with E-state index in [9.17, 15) is 13.2 Å². The van der Waals surface area contributed by atoms with Gasteiger partial charge in [0, 0.05) is 18.0 Å². The van der Waals surface area contributed by atoms with Gasteiger partial charge in [0.25, 0.3) is 0 Å². The Morgan fingerprint density at radius 3 is 2.68 bits per heavy atom. The van der Waals surface area contributed by atoms with Crippen LogP contribution >= 0.6 is 0 Å². The fourth-order valence-corrected chi connectivity index (χ4v) is 1.44. The number of nitrogens with two attached hydrogens (primary N) is 1. The molecule has 2 heterocycles. The van der Waals surface area contributed by atoms with E-state index in [0.717, 1.165) is 10.9 Å². The van der Waals surface area contributed by atoms with E-state index in [-0.39, 0.29) is 17.1 Å². The first-order chi connectivity index (χ1) is 8.93. The van der Waals surface area contributed by atoms with Crippen molar-refractivity contribution in [2.24, 2.45) is 10.9 Å². The second-order valence-electron chi connectivity index (χ2n) is 3.55. The zero-order chi connectivity index (χ0) is 14.0. The first-order valence-electron chi connectivity index (χ1n) is 4.97. The van der Waals surface area contributed by atoms with Gasteiger partial charge in [0.05, 0.1) is 23.6 Å². The molecule has 0 aliphatic carbocycles. The van der Waals surface area contributed by atoms with E-state index in [4.69, 9.17) is 10.9 Å². The number of pyridine rings is 1. The molecule has 0 saturated carbocycles. The van der Waals surface area contributed by atoms with Crippen molar-refractivity contribution in [3.05, 3.63) is 42.0 Å². The lowest BCUT2D eigenvalue weighted by molar-refractivity contribution is -0.137. The van der Waals surface area contributed by atoms with Crippen molar-refractivity contribution in [2.75, 3.05) is 0 Å². The number of hydrogen-bond donors (Lipinski definition) is 2.